The molecule has 0 heterocycles. The molecule has 0 nitrogen and oxygen atoms in total. The quantitative estimate of drug-likeness (QED) is 0.181. The van der Waals surface area contributed by atoms with Crippen molar-refractivity contribution >= 4 is 43.1 Å². The first-order chi connectivity index (χ1) is 22.8. The van der Waals surface area contributed by atoms with E-state index in [4.69, 9.17) is 0 Å². The fraction of sp³-hybridized carbons (Fsp3) is 0. The Balaban J connectivity index is 1.09. The molecule has 0 unspecified atom stereocenters. The van der Waals surface area contributed by atoms with Gasteiger partial charge in [-0.05, 0) is 99.7 Å². The summed E-state index contributed by atoms with van der Waals surface area (Å²) in [5.74, 6) is 0. The van der Waals surface area contributed by atoms with Crippen LogP contribution in [0.1, 0.15) is 0 Å². The predicted octanol–water partition coefficient (Wildman–Crippen LogP) is 13.0. The number of benzene rings is 9. The van der Waals surface area contributed by atoms with E-state index in [0.717, 1.165) is 0 Å². The van der Waals surface area contributed by atoms with Crippen molar-refractivity contribution in [3.8, 4) is 44.5 Å². The highest BCUT2D eigenvalue weighted by atomic mass is 14.2. The van der Waals surface area contributed by atoms with E-state index in [1.807, 2.05) is 0 Å². The summed E-state index contributed by atoms with van der Waals surface area (Å²) in [5, 5.41) is 10.2. The molecule has 0 amide bonds. The molecule has 0 radical (unpaired) electrons. The van der Waals surface area contributed by atoms with Crippen molar-refractivity contribution in [1.82, 2.24) is 0 Å². The lowest BCUT2D eigenvalue weighted by Crippen LogP contribution is -1.87. The van der Waals surface area contributed by atoms with E-state index in [9.17, 15) is 0 Å². The second kappa shape index (κ2) is 10.9. The average Bonchev–Trinajstić information content (AvgIpc) is 3.14. The minimum absolute atomic E-state index is 1.23. The SMILES string of the molecule is c1ccc(-c2cccc3cccc(-c4ccc5c(ccc6cc(-c7ccc(-c8cccc9ccccc89)cc7)ccc65)c4)c23)cc1. The van der Waals surface area contributed by atoms with Crippen LogP contribution in [0, 0.1) is 0 Å². The normalized spacial score (nSPS) is 11.5. The predicted molar refractivity (Wildman–Crippen MR) is 198 cm³/mol. The summed E-state index contributed by atoms with van der Waals surface area (Å²) in [7, 11) is 0. The molecule has 9 aromatic rings. The van der Waals surface area contributed by atoms with Crippen molar-refractivity contribution in [3.63, 3.8) is 0 Å². The van der Waals surface area contributed by atoms with Crippen LogP contribution in [-0.4, -0.2) is 0 Å². The Morgan fingerprint density at radius 1 is 0.217 bits per heavy atom. The van der Waals surface area contributed by atoms with E-state index < -0.39 is 0 Å². The first-order valence-corrected chi connectivity index (χ1v) is 15.9. The Hall–Kier alpha value is -5.98. The van der Waals surface area contributed by atoms with Crippen LogP contribution in [-0.2, 0) is 0 Å². The van der Waals surface area contributed by atoms with E-state index in [-0.39, 0.29) is 0 Å². The third-order valence-corrected chi connectivity index (χ3v) is 9.46. The number of rotatable bonds is 4. The minimum Gasteiger partial charge on any atom is -0.0622 e. The summed E-state index contributed by atoms with van der Waals surface area (Å²) >= 11 is 0. The van der Waals surface area contributed by atoms with Crippen LogP contribution in [0.3, 0.4) is 0 Å². The van der Waals surface area contributed by atoms with Gasteiger partial charge in [-0.3, -0.25) is 0 Å². The third kappa shape index (κ3) is 4.47. The molecule has 0 aliphatic rings. The van der Waals surface area contributed by atoms with Gasteiger partial charge in [-0.15, -0.1) is 0 Å². The van der Waals surface area contributed by atoms with Gasteiger partial charge >= 0.3 is 0 Å². The maximum atomic E-state index is 2.35. The highest BCUT2D eigenvalue weighted by Crippen LogP contribution is 2.39. The van der Waals surface area contributed by atoms with Gasteiger partial charge in [0.1, 0.15) is 0 Å². The summed E-state index contributed by atoms with van der Waals surface area (Å²) in [6.45, 7) is 0. The Labute approximate surface area is 268 Å². The zero-order valence-corrected chi connectivity index (χ0v) is 25.3. The molecule has 0 saturated carbocycles. The Kier molecular flexibility index (Phi) is 6.25. The van der Waals surface area contributed by atoms with E-state index in [1.165, 1.54) is 87.6 Å². The average molecular weight is 583 g/mol. The van der Waals surface area contributed by atoms with Gasteiger partial charge in [0.05, 0.1) is 0 Å². The van der Waals surface area contributed by atoms with Crippen LogP contribution < -0.4 is 0 Å². The van der Waals surface area contributed by atoms with Gasteiger partial charge < -0.3 is 0 Å². The van der Waals surface area contributed by atoms with Crippen LogP contribution in [0.2, 0.25) is 0 Å². The van der Waals surface area contributed by atoms with Gasteiger partial charge in [-0.2, -0.15) is 0 Å². The van der Waals surface area contributed by atoms with Gasteiger partial charge in [-0.25, -0.2) is 0 Å². The van der Waals surface area contributed by atoms with Crippen LogP contribution in [0.4, 0.5) is 0 Å². The topological polar surface area (TPSA) is 0 Å². The van der Waals surface area contributed by atoms with Crippen LogP contribution in [0.25, 0.3) is 87.6 Å². The van der Waals surface area contributed by atoms with Gasteiger partial charge in [0.25, 0.3) is 0 Å². The highest BCUT2D eigenvalue weighted by Gasteiger charge is 2.12. The summed E-state index contributed by atoms with van der Waals surface area (Å²) in [4.78, 5) is 0. The highest BCUT2D eigenvalue weighted by molar-refractivity contribution is 6.11. The standard InChI is InChI=1S/C46H30/c1-2-9-33(10-3-1)44-17-7-13-35-14-8-18-45(46(35)44)39-26-28-43-38(30-39)24-23-37-29-36(25-27-42(37)43)31-19-21-34(22-20-31)41-16-6-12-32-11-4-5-15-40(32)41/h1-30H. The Bertz CT molecular complexity index is 2540. The molecule has 0 heteroatoms. The number of fused-ring (bicyclic) bond motifs is 5. The van der Waals surface area contributed by atoms with Gasteiger partial charge in [0.15, 0.2) is 0 Å². The molecular weight excluding hydrogens is 553 g/mol. The summed E-state index contributed by atoms with van der Waals surface area (Å²) in [5.41, 5.74) is 9.99. The van der Waals surface area contributed by atoms with Crippen molar-refractivity contribution in [2.45, 2.75) is 0 Å². The summed E-state index contributed by atoms with van der Waals surface area (Å²) in [6.07, 6.45) is 0. The van der Waals surface area contributed by atoms with Gasteiger partial charge in [-0.1, -0.05) is 170 Å². The first-order valence-electron chi connectivity index (χ1n) is 15.9. The molecular formula is C46H30. The summed E-state index contributed by atoms with van der Waals surface area (Å²) < 4.78 is 0. The van der Waals surface area contributed by atoms with Crippen molar-refractivity contribution in [2.75, 3.05) is 0 Å². The first kappa shape index (κ1) is 26.4. The molecule has 0 atom stereocenters. The van der Waals surface area contributed by atoms with E-state index in [1.54, 1.807) is 0 Å². The van der Waals surface area contributed by atoms with Crippen LogP contribution in [0.15, 0.2) is 182 Å². The van der Waals surface area contributed by atoms with E-state index in [2.05, 4.69) is 182 Å². The molecule has 0 aliphatic heterocycles. The molecule has 0 N–H and O–H groups in total. The number of hydrogen-bond acceptors (Lipinski definition) is 0. The molecule has 0 bridgehead atoms. The molecule has 0 fully saturated rings. The monoisotopic (exact) mass is 582 g/mol. The molecule has 9 rings (SSSR count). The third-order valence-electron chi connectivity index (χ3n) is 9.46. The second-order valence-electron chi connectivity index (χ2n) is 12.1. The number of hydrogen-bond donors (Lipinski definition) is 0. The van der Waals surface area contributed by atoms with Crippen LogP contribution >= 0.6 is 0 Å². The van der Waals surface area contributed by atoms with Crippen molar-refractivity contribution < 1.29 is 0 Å². The lowest BCUT2D eigenvalue weighted by Gasteiger charge is -2.14. The molecule has 9 aromatic carbocycles. The lowest BCUT2D eigenvalue weighted by atomic mass is 9.90. The molecule has 0 saturated heterocycles. The van der Waals surface area contributed by atoms with Crippen molar-refractivity contribution in [2.24, 2.45) is 0 Å². The second-order valence-corrected chi connectivity index (χ2v) is 12.1. The largest absolute Gasteiger partial charge is 0.0622 e. The van der Waals surface area contributed by atoms with Gasteiger partial charge in [0.2, 0.25) is 0 Å². The van der Waals surface area contributed by atoms with E-state index >= 15 is 0 Å². The lowest BCUT2D eigenvalue weighted by molar-refractivity contribution is 1.62. The minimum atomic E-state index is 1.23. The summed E-state index contributed by atoms with van der Waals surface area (Å²) in [6, 6.07) is 66.5. The smallest absolute Gasteiger partial charge is 0.00268 e. The Morgan fingerprint density at radius 2 is 0.717 bits per heavy atom. The zero-order chi connectivity index (χ0) is 30.5. The van der Waals surface area contributed by atoms with Crippen molar-refractivity contribution in [1.29, 1.82) is 0 Å². The zero-order valence-electron chi connectivity index (χ0n) is 25.3. The maximum Gasteiger partial charge on any atom is -0.00268 e. The molecule has 0 spiro atoms. The fourth-order valence-electron chi connectivity index (χ4n) is 7.18. The van der Waals surface area contributed by atoms with Crippen molar-refractivity contribution in [3.05, 3.63) is 182 Å². The van der Waals surface area contributed by atoms with Crippen LogP contribution in [0.5, 0.6) is 0 Å². The molecule has 0 aromatic heterocycles. The van der Waals surface area contributed by atoms with Gasteiger partial charge in [0, 0.05) is 0 Å². The molecule has 214 valence electrons. The fourth-order valence-corrected chi connectivity index (χ4v) is 7.18. The maximum absolute atomic E-state index is 2.35. The molecule has 0 aliphatic carbocycles. The van der Waals surface area contributed by atoms with E-state index in [0.29, 0.717) is 0 Å². The molecule has 46 heavy (non-hydrogen) atoms. The Morgan fingerprint density at radius 3 is 1.46 bits per heavy atom.